The Kier molecular flexibility index (Phi) is 6.32. The molecule has 17 heavy (non-hydrogen) atoms. The van der Waals surface area contributed by atoms with E-state index >= 15 is 0 Å². The molecular weight excluding hydrogens is 253 g/mol. The highest BCUT2D eigenvalue weighted by atomic mass is 35.5. The van der Waals surface area contributed by atoms with Crippen LogP contribution >= 0.6 is 23.2 Å². The van der Waals surface area contributed by atoms with E-state index in [1.54, 1.807) is 0 Å². The Labute approximate surface area is 115 Å². The quantitative estimate of drug-likeness (QED) is 0.723. The third-order valence-electron chi connectivity index (χ3n) is 2.81. The maximum atomic E-state index is 5.94. The first-order valence-electron chi connectivity index (χ1n) is 6.05. The molecule has 0 aromatic heterocycles. The fraction of sp³-hybridized carbons (Fsp3) is 0.571. The van der Waals surface area contributed by atoms with Crippen molar-refractivity contribution < 1.29 is 0 Å². The van der Waals surface area contributed by atoms with Crippen molar-refractivity contribution in [1.82, 2.24) is 5.32 Å². The summed E-state index contributed by atoms with van der Waals surface area (Å²) in [5.74, 6) is 0.748. The Balaban J connectivity index is 2.32. The molecule has 96 valence electrons. The second kappa shape index (κ2) is 7.25. The summed E-state index contributed by atoms with van der Waals surface area (Å²) in [5, 5.41) is 4.27. The van der Waals surface area contributed by atoms with E-state index in [-0.39, 0.29) is 0 Å². The maximum absolute atomic E-state index is 5.94. The minimum atomic E-state index is 0.299. The van der Waals surface area contributed by atoms with E-state index in [2.05, 4.69) is 25.2 Å². The zero-order chi connectivity index (χ0) is 12.7. The SMILES string of the molecule is CC(C)(CCCCl)CNCc1cccc(Cl)c1. The number of rotatable bonds is 7. The molecule has 0 aliphatic rings. The Morgan fingerprint density at radius 3 is 2.71 bits per heavy atom. The Bertz CT molecular complexity index is 337. The summed E-state index contributed by atoms with van der Waals surface area (Å²) >= 11 is 11.7. The van der Waals surface area contributed by atoms with Gasteiger partial charge in [0.05, 0.1) is 0 Å². The minimum Gasteiger partial charge on any atom is -0.312 e. The normalized spacial score (nSPS) is 11.8. The number of hydrogen-bond acceptors (Lipinski definition) is 1. The van der Waals surface area contributed by atoms with Crippen molar-refractivity contribution in [3.05, 3.63) is 34.9 Å². The lowest BCUT2D eigenvalue weighted by molar-refractivity contribution is 0.311. The minimum absolute atomic E-state index is 0.299. The van der Waals surface area contributed by atoms with Gasteiger partial charge in [-0.1, -0.05) is 37.6 Å². The van der Waals surface area contributed by atoms with Crippen molar-refractivity contribution >= 4 is 23.2 Å². The Morgan fingerprint density at radius 1 is 1.29 bits per heavy atom. The largest absolute Gasteiger partial charge is 0.312 e. The van der Waals surface area contributed by atoms with Crippen molar-refractivity contribution in [3.63, 3.8) is 0 Å². The number of alkyl halides is 1. The van der Waals surface area contributed by atoms with Crippen LogP contribution in [0, 0.1) is 5.41 Å². The van der Waals surface area contributed by atoms with Gasteiger partial charge in [-0.15, -0.1) is 11.6 Å². The van der Waals surface area contributed by atoms with E-state index in [0.717, 1.165) is 36.8 Å². The van der Waals surface area contributed by atoms with Gasteiger partial charge >= 0.3 is 0 Å². The molecule has 3 heteroatoms. The van der Waals surface area contributed by atoms with E-state index in [1.807, 2.05) is 18.2 Å². The Morgan fingerprint density at radius 2 is 2.06 bits per heavy atom. The molecule has 0 atom stereocenters. The van der Waals surface area contributed by atoms with E-state index in [1.165, 1.54) is 5.56 Å². The monoisotopic (exact) mass is 273 g/mol. The highest BCUT2D eigenvalue weighted by Crippen LogP contribution is 2.21. The third kappa shape index (κ3) is 6.30. The molecule has 0 fully saturated rings. The number of nitrogens with one attached hydrogen (secondary N) is 1. The van der Waals surface area contributed by atoms with Gasteiger partial charge in [-0.25, -0.2) is 0 Å². The molecule has 1 nitrogen and oxygen atoms in total. The van der Waals surface area contributed by atoms with Crippen LogP contribution in [0.25, 0.3) is 0 Å². The number of halogens is 2. The number of benzene rings is 1. The molecule has 1 aromatic rings. The highest BCUT2D eigenvalue weighted by molar-refractivity contribution is 6.30. The Hall–Kier alpha value is -0.240. The molecule has 0 bridgehead atoms. The molecule has 0 aliphatic carbocycles. The molecule has 0 unspecified atom stereocenters. The molecule has 1 aromatic carbocycles. The maximum Gasteiger partial charge on any atom is 0.0409 e. The molecular formula is C14H21Cl2N. The summed E-state index contributed by atoms with van der Waals surface area (Å²) in [6.45, 7) is 6.40. The van der Waals surface area contributed by atoms with Crippen LogP contribution in [0.2, 0.25) is 5.02 Å². The van der Waals surface area contributed by atoms with Crippen LogP contribution < -0.4 is 5.32 Å². The first kappa shape index (κ1) is 14.8. The van der Waals surface area contributed by atoms with Crippen LogP contribution in [-0.4, -0.2) is 12.4 Å². The van der Waals surface area contributed by atoms with Gasteiger partial charge in [0.25, 0.3) is 0 Å². The third-order valence-corrected chi connectivity index (χ3v) is 3.31. The molecule has 0 saturated heterocycles. The molecule has 0 aliphatic heterocycles. The van der Waals surface area contributed by atoms with Crippen LogP contribution in [0.15, 0.2) is 24.3 Å². The molecule has 1 N–H and O–H groups in total. The predicted molar refractivity (Wildman–Crippen MR) is 76.9 cm³/mol. The second-order valence-electron chi connectivity index (χ2n) is 5.19. The van der Waals surface area contributed by atoms with Crippen LogP contribution in [0.4, 0.5) is 0 Å². The van der Waals surface area contributed by atoms with Gasteiger partial charge in [-0.3, -0.25) is 0 Å². The standard InChI is InChI=1S/C14H21Cl2N/c1-14(2,7-4-8-15)11-17-10-12-5-3-6-13(16)9-12/h3,5-6,9,17H,4,7-8,10-11H2,1-2H3. The zero-order valence-electron chi connectivity index (χ0n) is 10.6. The van der Waals surface area contributed by atoms with E-state index < -0.39 is 0 Å². The van der Waals surface area contributed by atoms with Crippen molar-refractivity contribution in [1.29, 1.82) is 0 Å². The van der Waals surface area contributed by atoms with Gasteiger partial charge in [0.2, 0.25) is 0 Å². The average Bonchev–Trinajstić information content (AvgIpc) is 2.26. The summed E-state index contributed by atoms with van der Waals surface area (Å²) in [4.78, 5) is 0. The van der Waals surface area contributed by atoms with Gasteiger partial charge in [0.15, 0.2) is 0 Å². The summed E-state index contributed by atoms with van der Waals surface area (Å²) in [7, 11) is 0. The second-order valence-corrected chi connectivity index (χ2v) is 6.00. The lowest BCUT2D eigenvalue weighted by Crippen LogP contribution is -2.29. The molecule has 0 heterocycles. The summed E-state index contributed by atoms with van der Waals surface area (Å²) in [5.41, 5.74) is 1.53. The van der Waals surface area contributed by atoms with Crippen molar-refractivity contribution in [2.75, 3.05) is 12.4 Å². The van der Waals surface area contributed by atoms with Crippen LogP contribution in [0.3, 0.4) is 0 Å². The van der Waals surface area contributed by atoms with Gasteiger partial charge < -0.3 is 5.32 Å². The van der Waals surface area contributed by atoms with E-state index in [4.69, 9.17) is 23.2 Å². The van der Waals surface area contributed by atoms with Crippen LogP contribution in [-0.2, 0) is 6.54 Å². The number of hydrogen-bond donors (Lipinski definition) is 1. The molecule has 0 radical (unpaired) electrons. The molecule has 0 saturated carbocycles. The van der Waals surface area contributed by atoms with Crippen molar-refractivity contribution in [2.24, 2.45) is 5.41 Å². The van der Waals surface area contributed by atoms with Crippen LogP contribution in [0.5, 0.6) is 0 Å². The average molecular weight is 274 g/mol. The lowest BCUT2D eigenvalue weighted by Gasteiger charge is -2.24. The van der Waals surface area contributed by atoms with Crippen molar-refractivity contribution in [2.45, 2.75) is 33.2 Å². The first-order valence-corrected chi connectivity index (χ1v) is 6.96. The first-order chi connectivity index (χ1) is 8.03. The van der Waals surface area contributed by atoms with Gasteiger partial charge in [-0.05, 0) is 36.0 Å². The summed E-state index contributed by atoms with van der Waals surface area (Å²) in [6, 6.07) is 7.97. The van der Waals surface area contributed by atoms with E-state index in [0.29, 0.717) is 5.41 Å². The summed E-state index contributed by atoms with van der Waals surface area (Å²) in [6.07, 6.45) is 2.23. The fourth-order valence-electron chi connectivity index (χ4n) is 1.83. The highest BCUT2D eigenvalue weighted by Gasteiger charge is 2.16. The van der Waals surface area contributed by atoms with E-state index in [9.17, 15) is 0 Å². The van der Waals surface area contributed by atoms with Gasteiger partial charge in [-0.2, -0.15) is 0 Å². The van der Waals surface area contributed by atoms with Crippen molar-refractivity contribution in [3.8, 4) is 0 Å². The topological polar surface area (TPSA) is 12.0 Å². The van der Waals surface area contributed by atoms with Gasteiger partial charge in [0.1, 0.15) is 0 Å². The predicted octanol–water partition coefficient (Wildman–Crippen LogP) is 4.47. The lowest BCUT2D eigenvalue weighted by atomic mass is 9.88. The molecule has 0 amide bonds. The molecule has 1 rings (SSSR count). The van der Waals surface area contributed by atoms with Gasteiger partial charge in [0, 0.05) is 24.0 Å². The summed E-state index contributed by atoms with van der Waals surface area (Å²) < 4.78 is 0. The fourth-order valence-corrected chi connectivity index (χ4v) is 2.17. The van der Waals surface area contributed by atoms with Crippen LogP contribution in [0.1, 0.15) is 32.3 Å². The molecule has 0 spiro atoms. The smallest absolute Gasteiger partial charge is 0.0409 e. The zero-order valence-corrected chi connectivity index (χ0v) is 12.1.